The minimum Gasteiger partial charge on any atom is -0.545 e. The van der Waals surface area contributed by atoms with Crippen molar-refractivity contribution < 1.29 is 95.6 Å². The number of hydrogen-bond donors (Lipinski definition) is 6. The van der Waals surface area contributed by atoms with Gasteiger partial charge in [0.05, 0.1) is 46.6 Å². The molecule has 4 aromatic rings. The summed E-state index contributed by atoms with van der Waals surface area (Å²) in [4.78, 5) is 72.1. The van der Waals surface area contributed by atoms with Crippen LogP contribution in [-0.4, -0.2) is 55.0 Å². The standard InChI is InChI=1S/2C8H2F4O4.2C5H7N3O.2H2O/c2*9-3-1(7(13)14)4(10)6(12)2(5(3)11)8(15)16;2*1-3-2-4(9)8-5(6)7-3;;/h2*(H,13,14)(H,15,16);2*2H,1H3,(H3,6,7,8,9);2*1H2. The van der Waals surface area contributed by atoms with Crippen molar-refractivity contribution in [1.82, 2.24) is 9.97 Å². The smallest absolute Gasteiger partial charge is 0.353 e. The van der Waals surface area contributed by atoms with E-state index < -0.39 is 92.7 Å². The molecule has 0 saturated carbocycles. The Morgan fingerprint density at radius 1 is 0.558 bits per heavy atom. The molecule has 18 nitrogen and oxygen atoms in total. The highest BCUT2D eigenvalue weighted by Crippen LogP contribution is 2.25. The van der Waals surface area contributed by atoms with Crippen molar-refractivity contribution in [3.8, 4) is 0 Å². The van der Waals surface area contributed by atoms with Gasteiger partial charge in [0.2, 0.25) is 0 Å². The summed E-state index contributed by atoms with van der Waals surface area (Å²) in [7, 11) is 0. The number of carbonyl (C=O) groups excluding carboxylic acids is 2. The first-order valence-corrected chi connectivity index (χ1v) is 12.3. The second kappa shape index (κ2) is 19.3. The van der Waals surface area contributed by atoms with E-state index in [0.717, 1.165) is 11.4 Å². The molecule has 26 heteroatoms. The van der Waals surface area contributed by atoms with Crippen LogP contribution in [-0.2, 0) is 0 Å². The van der Waals surface area contributed by atoms with Crippen LogP contribution in [0.25, 0.3) is 0 Å². The van der Waals surface area contributed by atoms with E-state index in [4.69, 9.17) is 21.7 Å². The van der Waals surface area contributed by atoms with Crippen molar-refractivity contribution in [3.05, 3.63) is 113 Å². The summed E-state index contributed by atoms with van der Waals surface area (Å²) in [5.41, 5.74) is 3.89. The maximum absolute atomic E-state index is 12.9. The SMILES string of the molecule is Cc1cc(=O)[nH]c(N)[nH+]1.Cc1cc(=O)[nH]c(N)[nH+]1.O.O.O=C(O)c1c(F)c(F)c(C(=O)O)c(F)c1F.O=C([O-])c1c(F)c(F)c(C(=O)[O-])c(F)c1F. The van der Waals surface area contributed by atoms with Gasteiger partial charge in [0, 0.05) is 0 Å². The molecule has 0 unspecified atom stereocenters. The molecule has 0 aliphatic carbocycles. The van der Waals surface area contributed by atoms with Crippen LogP contribution in [0.1, 0.15) is 52.8 Å². The predicted molar refractivity (Wildman–Crippen MR) is 148 cm³/mol. The highest BCUT2D eigenvalue weighted by Gasteiger charge is 2.32. The van der Waals surface area contributed by atoms with E-state index in [9.17, 15) is 74.1 Å². The number of H-pyrrole nitrogens is 4. The molecule has 2 aromatic carbocycles. The summed E-state index contributed by atoms with van der Waals surface area (Å²) < 4.78 is 103. The van der Waals surface area contributed by atoms with Crippen molar-refractivity contribution in [2.75, 3.05) is 11.5 Å². The maximum atomic E-state index is 12.9. The molecule has 0 atom stereocenters. The number of carboxylic acids is 4. The topological polar surface area (TPSA) is 364 Å². The number of carbonyl (C=O) groups is 4. The molecule has 0 spiro atoms. The van der Waals surface area contributed by atoms with Gasteiger partial charge < -0.3 is 41.0 Å². The van der Waals surface area contributed by atoms with Gasteiger partial charge >= 0.3 is 35.0 Å². The van der Waals surface area contributed by atoms with Gasteiger partial charge in [0.1, 0.15) is 11.1 Å². The fourth-order valence-electron chi connectivity index (χ4n) is 3.29. The quantitative estimate of drug-likeness (QED) is 0.0902. The monoisotopic (exact) mass is 762 g/mol. The van der Waals surface area contributed by atoms with Crippen LogP contribution in [0.15, 0.2) is 21.7 Å². The average molecular weight is 762 g/mol. The Bertz CT molecular complexity index is 1790. The number of aryl methyl sites for hydroxylation is 2. The number of nitrogens with two attached hydrogens (primary N) is 2. The minimum atomic E-state index is -2.52. The van der Waals surface area contributed by atoms with Gasteiger partial charge in [-0.05, 0) is 13.8 Å². The van der Waals surface area contributed by atoms with Gasteiger partial charge in [-0.1, -0.05) is 0 Å². The Morgan fingerprint density at radius 2 is 0.769 bits per heavy atom. The fourth-order valence-corrected chi connectivity index (χ4v) is 3.29. The van der Waals surface area contributed by atoms with Crippen LogP contribution in [0.2, 0.25) is 0 Å². The van der Waals surface area contributed by atoms with Crippen molar-refractivity contribution in [2.24, 2.45) is 0 Å². The van der Waals surface area contributed by atoms with E-state index in [1.165, 1.54) is 12.1 Å². The lowest BCUT2D eigenvalue weighted by atomic mass is 10.1. The second-order valence-electron chi connectivity index (χ2n) is 8.91. The highest BCUT2D eigenvalue weighted by molar-refractivity contribution is 5.93. The van der Waals surface area contributed by atoms with Crippen LogP contribution in [0.3, 0.4) is 0 Å². The summed E-state index contributed by atoms with van der Waals surface area (Å²) in [5, 5.41) is 36.8. The average Bonchev–Trinajstić information content (AvgIpc) is 2.94. The largest absolute Gasteiger partial charge is 0.545 e. The number of anilines is 2. The zero-order valence-corrected chi connectivity index (χ0v) is 25.5. The molecular formula is C26H22F8N6O12. The van der Waals surface area contributed by atoms with Gasteiger partial charge in [-0.3, -0.25) is 21.1 Å². The third-order valence-electron chi connectivity index (χ3n) is 5.24. The summed E-state index contributed by atoms with van der Waals surface area (Å²) in [6.45, 7) is 3.54. The molecule has 0 amide bonds. The number of halogens is 8. The Balaban J connectivity index is 0. The first-order valence-electron chi connectivity index (χ1n) is 12.3. The van der Waals surface area contributed by atoms with Crippen molar-refractivity contribution in [1.29, 1.82) is 0 Å². The molecule has 0 aliphatic rings. The summed E-state index contributed by atoms with van der Waals surface area (Å²) in [5.74, 6) is -27.4. The predicted octanol–water partition coefficient (Wildman–Crippen LogP) is -2.88. The van der Waals surface area contributed by atoms with Gasteiger partial charge in [0.25, 0.3) is 0 Å². The fraction of sp³-hybridized carbons (Fsp3) is 0.0769. The number of benzene rings is 2. The minimum absolute atomic E-state index is 0. The van der Waals surface area contributed by atoms with Crippen molar-refractivity contribution >= 4 is 35.8 Å². The van der Waals surface area contributed by atoms with Crippen LogP contribution in [0.4, 0.5) is 47.0 Å². The second-order valence-corrected chi connectivity index (χ2v) is 8.91. The maximum Gasteiger partial charge on any atom is 0.353 e. The Labute approximate surface area is 280 Å². The summed E-state index contributed by atoms with van der Waals surface area (Å²) in [6.07, 6.45) is 0. The lowest BCUT2D eigenvalue weighted by Gasteiger charge is -2.12. The number of aromatic nitrogens is 4. The zero-order valence-electron chi connectivity index (χ0n) is 25.5. The molecule has 284 valence electrons. The third kappa shape index (κ3) is 11.6. The molecule has 0 bridgehead atoms. The molecule has 52 heavy (non-hydrogen) atoms. The first-order chi connectivity index (χ1) is 22.9. The van der Waals surface area contributed by atoms with Crippen LogP contribution in [0, 0.1) is 60.4 Å². The van der Waals surface area contributed by atoms with E-state index in [0.29, 0.717) is 11.9 Å². The molecular weight excluding hydrogens is 740 g/mol. The lowest BCUT2D eigenvalue weighted by molar-refractivity contribution is -0.375. The van der Waals surface area contributed by atoms with Gasteiger partial charge in [-0.2, -0.15) is 0 Å². The molecule has 0 fully saturated rings. The van der Waals surface area contributed by atoms with E-state index in [1.807, 2.05) is 0 Å². The van der Waals surface area contributed by atoms with Crippen LogP contribution >= 0.6 is 0 Å². The molecule has 0 saturated heterocycles. The number of nitrogens with one attached hydrogen (secondary N) is 4. The summed E-state index contributed by atoms with van der Waals surface area (Å²) in [6, 6.07) is 2.88. The summed E-state index contributed by atoms with van der Waals surface area (Å²) >= 11 is 0. The third-order valence-corrected chi connectivity index (χ3v) is 5.24. The highest BCUT2D eigenvalue weighted by atomic mass is 19.2. The normalized spacial score (nSPS) is 9.58. The molecule has 2 heterocycles. The van der Waals surface area contributed by atoms with Gasteiger partial charge in [-0.25, -0.2) is 64.6 Å². The molecule has 0 aliphatic heterocycles. The Kier molecular flexibility index (Phi) is 17.5. The Hall–Kier alpha value is -6.96. The zero-order chi connectivity index (χ0) is 38.9. The number of aromatic carboxylic acids is 4. The molecule has 0 radical (unpaired) electrons. The van der Waals surface area contributed by atoms with E-state index >= 15 is 0 Å². The number of rotatable bonds is 4. The van der Waals surface area contributed by atoms with E-state index in [2.05, 4.69) is 19.9 Å². The number of aromatic amines is 4. The molecule has 4 rings (SSSR count). The van der Waals surface area contributed by atoms with Crippen LogP contribution < -0.4 is 42.8 Å². The van der Waals surface area contributed by atoms with E-state index in [-0.39, 0.29) is 22.1 Å². The number of nitrogen functional groups attached to an aromatic ring is 2. The molecule has 14 N–H and O–H groups in total. The van der Waals surface area contributed by atoms with Crippen molar-refractivity contribution in [3.63, 3.8) is 0 Å². The number of carboxylic acid groups (broad SMARTS) is 4. The van der Waals surface area contributed by atoms with E-state index in [1.54, 1.807) is 13.8 Å². The number of hydrogen-bond acceptors (Lipinski definition) is 10. The van der Waals surface area contributed by atoms with Gasteiger partial charge in [0.15, 0.2) is 46.5 Å². The van der Waals surface area contributed by atoms with Gasteiger partial charge in [-0.15, -0.1) is 0 Å². The molecule has 2 aromatic heterocycles. The Morgan fingerprint density at radius 3 is 0.923 bits per heavy atom. The first kappa shape index (κ1) is 47.2. The van der Waals surface area contributed by atoms with Crippen LogP contribution in [0.5, 0.6) is 0 Å². The lowest BCUT2D eigenvalue weighted by Crippen LogP contribution is -2.30. The van der Waals surface area contributed by atoms with Crippen molar-refractivity contribution in [2.45, 2.75) is 13.8 Å².